The number of carbonyl (C=O) groups is 2. The fraction of sp³-hybridized carbons (Fsp3) is 0.158. The van der Waals surface area contributed by atoms with E-state index in [2.05, 4.69) is 20.8 Å². The molecule has 7 nitrogen and oxygen atoms in total. The van der Waals surface area contributed by atoms with Gasteiger partial charge in [-0.05, 0) is 48.0 Å². The highest BCUT2D eigenvalue weighted by molar-refractivity contribution is 8.15. The number of thioether (sulfide) groups is 1. The Bertz CT molecular complexity index is 931. The first-order valence-electron chi connectivity index (χ1n) is 8.31. The van der Waals surface area contributed by atoms with Crippen molar-refractivity contribution < 1.29 is 14.3 Å². The molecule has 0 radical (unpaired) electrons. The SMILES string of the molecule is COc1ccc(C=NN=C2NC(=O)C(CC(=O)Nc3cccc(Cl)c3)S2)cc1. The summed E-state index contributed by atoms with van der Waals surface area (Å²) in [6, 6.07) is 14.1. The summed E-state index contributed by atoms with van der Waals surface area (Å²) >= 11 is 7.06. The molecule has 2 amide bonds. The number of hydrogen-bond acceptors (Lipinski definition) is 6. The van der Waals surface area contributed by atoms with Crippen LogP contribution in [0.3, 0.4) is 0 Å². The Morgan fingerprint density at radius 2 is 2.11 bits per heavy atom. The first-order valence-corrected chi connectivity index (χ1v) is 9.57. The van der Waals surface area contributed by atoms with E-state index in [0.717, 1.165) is 11.3 Å². The quantitative estimate of drug-likeness (QED) is 0.558. The van der Waals surface area contributed by atoms with E-state index in [9.17, 15) is 9.59 Å². The van der Waals surface area contributed by atoms with Crippen LogP contribution in [-0.2, 0) is 9.59 Å². The molecule has 1 fully saturated rings. The minimum Gasteiger partial charge on any atom is -0.497 e. The molecule has 1 heterocycles. The standard InChI is InChI=1S/C19H17ClN4O3S/c1-27-15-7-5-12(6-8-15)11-21-24-19-23-18(26)16(28-19)10-17(25)22-14-4-2-3-13(20)9-14/h2-9,11,16H,10H2,1H3,(H,22,25)(H,23,24,26). The van der Waals surface area contributed by atoms with E-state index in [-0.39, 0.29) is 18.2 Å². The van der Waals surface area contributed by atoms with Crippen molar-refractivity contribution in [2.24, 2.45) is 10.2 Å². The first kappa shape index (κ1) is 19.9. The van der Waals surface area contributed by atoms with Crippen molar-refractivity contribution in [3.63, 3.8) is 0 Å². The van der Waals surface area contributed by atoms with Crippen molar-refractivity contribution in [3.05, 3.63) is 59.1 Å². The smallest absolute Gasteiger partial charge is 0.240 e. The third-order valence-corrected chi connectivity index (χ3v) is 5.03. The molecule has 0 aromatic heterocycles. The lowest BCUT2D eigenvalue weighted by atomic mass is 10.2. The summed E-state index contributed by atoms with van der Waals surface area (Å²) in [6.45, 7) is 0. The Balaban J connectivity index is 1.54. The van der Waals surface area contributed by atoms with E-state index in [1.807, 2.05) is 24.3 Å². The highest BCUT2D eigenvalue weighted by Gasteiger charge is 2.32. The molecule has 2 aromatic rings. The molecular weight excluding hydrogens is 400 g/mol. The normalized spacial score (nSPS) is 17.7. The van der Waals surface area contributed by atoms with Gasteiger partial charge in [-0.1, -0.05) is 29.4 Å². The molecule has 2 N–H and O–H groups in total. The summed E-state index contributed by atoms with van der Waals surface area (Å²) < 4.78 is 5.09. The van der Waals surface area contributed by atoms with Crippen LogP contribution >= 0.6 is 23.4 Å². The molecule has 28 heavy (non-hydrogen) atoms. The van der Waals surface area contributed by atoms with E-state index in [4.69, 9.17) is 16.3 Å². The van der Waals surface area contributed by atoms with E-state index < -0.39 is 5.25 Å². The third kappa shape index (κ3) is 5.58. The number of nitrogens with zero attached hydrogens (tertiary/aromatic N) is 2. The zero-order valence-corrected chi connectivity index (χ0v) is 16.5. The van der Waals surface area contributed by atoms with Crippen molar-refractivity contribution in [1.82, 2.24) is 5.32 Å². The molecule has 1 atom stereocenters. The second kappa shape index (κ2) is 9.38. The maximum atomic E-state index is 12.2. The number of anilines is 1. The minimum absolute atomic E-state index is 0.0181. The maximum Gasteiger partial charge on any atom is 0.240 e. The van der Waals surface area contributed by atoms with Gasteiger partial charge in [0, 0.05) is 17.1 Å². The van der Waals surface area contributed by atoms with Crippen LogP contribution in [0.4, 0.5) is 5.69 Å². The van der Waals surface area contributed by atoms with Crippen LogP contribution in [0.5, 0.6) is 5.75 Å². The summed E-state index contributed by atoms with van der Waals surface area (Å²) in [7, 11) is 1.60. The van der Waals surface area contributed by atoms with Crippen molar-refractivity contribution >= 4 is 52.2 Å². The summed E-state index contributed by atoms with van der Waals surface area (Å²) in [5.41, 5.74) is 1.43. The molecule has 1 aliphatic heterocycles. The molecule has 9 heteroatoms. The van der Waals surface area contributed by atoms with Gasteiger partial charge in [-0.15, -0.1) is 5.10 Å². The van der Waals surface area contributed by atoms with E-state index in [1.54, 1.807) is 37.6 Å². The Hall–Kier alpha value is -2.84. The number of amides is 2. The van der Waals surface area contributed by atoms with Gasteiger partial charge in [0.2, 0.25) is 11.8 Å². The van der Waals surface area contributed by atoms with Gasteiger partial charge < -0.3 is 15.4 Å². The van der Waals surface area contributed by atoms with Gasteiger partial charge in [0.1, 0.15) is 11.0 Å². The Kier molecular flexibility index (Phi) is 6.67. The Labute approximate surface area is 171 Å². The van der Waals surface area contributed by atoms with Gasteiger partial charge >= 0.3 is 0 Å². The number of methoxy groups -OCH3 is 1. The molecule has 1 saturated heterocycles. The van der Waals surface area contributed by atoms with E-state index >= 15 is 0 Å². The van der Waals surface area contributed by atoms with Crippen LogP contribution in [0.1, 0.15) is 12.0 Å². The fourth-order valence-electron chi connectivity index (χ4n) is 2.37. The minimum atomic E-state index is -0.561. The monoisotopic (exact) mass is 416 g/mol. The van der Waals surface area contributed by atoms with Gasteiger partial charge in [0.25, 0.3) is 0 Å². The number of benzene rings is 2. The average molecular weight is 417 g/mol. The predicted octanol–water partition coefficient (Wildman–Crippen LogP) is 3.30. The van der Waals surface area contributed by atoms with Crippen LogP contribution in [0.25, 0.3) is 0 Å². The lowest BCUT2D eigenvalue weighted by molar-refractivity contribution is -0.122. The highest BCUT2D eigenvalue weighted by atomic mass is 35.5. The molecule has 0 spiro atoms. The lowest BCUT2D eigenvalue weighted by Gasteiger charge is -2.07. The molecule has 1 aliphatic rings. The zero-order valence-electron chi connectivity index (χ0n) is 14.9. The number of carbonyl (C=O) groups excluding carboxylic acids is 2. The first-order chi connectivity index (χ1) is 13.5. The summed E-state index contributed by atoms with van der Waals surface area (Å²) in [5, 5.41) is 13.6. The number of rotatable bonds is 6. The predicted molar refractivity (Wildman–Crippen MR) is 112 cm³/mol. The molecule has 0 saturated carbocycles. The van der Waals surface area contributed by atoms with Gasteiger partial charge in [0.15, 0.2) is 5.17 Å². The number of nitrogens with one attached hydrogen (secondary N) is 2. The van der Waals surface area contributed by atoms with Crippen LogP contribution < -0.4 is 15.4 Å². The van der Waals surface area contributed by atoms with Crippen molar-refractivity contribution in [2.75, 3.05) is 12.4 Å². The summed E-state index contributed by atoms with van der Waals surface area (Å²) in [4.78, 5) is 24.2. The maximum absolute atomic E-state index is 12.2. The van der Waals surface area contributed by atoms with Gasteiger partial charge in [0.05, 0.1) is 13.3 Å². The fourth-order valence-corrected chi connectivity index (χ4v) is 3.49. The number of amidine groups is 1. The number of hydrogen-bond donors (Lipinski definition) is 2. The van der Waals surface area contributed by atoms with Crippen LogP contribution in [0.15, 0.2) is 58.7 Å². The van der Waals surface area contributed by atoms with Gasteiger partial charge in [-0.25, -0.2) is 0 Å². The Morgan fingerprint density at radius 1 is 1.32 bits per heavy atom. The summed E-state index contributed by atoms with van der Waals surface area (Å²) in [6.07, 6.45) is 1.59. The molecular formula is C19H17ClN4O3S. The second-order valence-corrected chi connectivity index (χ2v) is 7.41. The van der Waals surface area contributed by atoms with Crippen LogP contribution in [0.2, 0.25) is 5.02 Å². The van der Waals surface area contributed by atoms with Gasteiger partial charge in [-0.2, -0.15) is 5.10 Å². The molecule has 2 aromatic carbocycles. The molecule has 3 rings (SSSR count). The molecule has 0 aliphatic carbocycles. The number of halogens is 1. The largest absolute Gasteiger partial charge is 0.497 e. The van der Waals surface area contributed by atoms with Crippen LogP contribution in [-0.4, -0.2) is 35.6 Å². The summed E-state index contributed by atoms with van der Waals surface area (Å²) in [5.74, 6) is 0.198. The highest BCUT2D eigenvalue weighted by Crippen LogP contribution is 2.23. The van der Waals surface area contributed by atoms with Crippen molar-refractivity contribution in [3.8, 4) is 5.75 Å². The molecule has 1 unspecified atom stereocenters. The van der Waals surface area contributed by atoms with E-state index in [0.29, 0.717) is 15.9 Å². The zero-order chi connectivity index (χ0) is 19.9. The average Bonchev–Trinajstić information content (AvgIpc) is 3.01. The topological polar surface area (TPSA) is 92.2 Å². The van der Waals surface area contributed by atoms with Gasteiger partial charge in [-0.3, -0.25) is 9.59 Å². The number of ether oxygens (including phenoxy) is 1. The molecule has 144 valence electrons. The Morgan fingerprint density at radius 3 is 2.82 bits per heavy atom. The third-order valence-electron chi connectivity index (χ3n) is 3.73. The van der Waals surface area contributed by atoms with Crippen molar-refractivity contribution in [1.29, 1.82) is 0 Å². The van der Waals surface area contributed by atoms with E-state index in [1.165, 1.54) is 11.8 Å². The molecule has 0 bridgehead atoms. The lowest BCUT2D eigenvalue weighted by Crippen LogP contribution is -2.28. The second-order valence-electron chi connectivity index (χ2n) is 5.78. The van der Waals surface area contributed by atoms with Crippen molar-refractivity contribution in [2.45, 2.75) is 11.7 Å². The van der Waals surface area contributed by atoms with Crippen LogP contribution in [0, 0.1) is 0 Å².